The maximum absolute atomic E-state index is 12.8. The van der Waals surface area contributed by atoms with Crippen molar-refractivity contribution in [2.45, 2.75) is 52.9 Å². The van der Waals surface area contributed by atoms with Crippen molar-refractivity contribution in [3.8, 4) is 5.75 Å². The molecule has 0 aromatic heterocycles. The predicted molar refractivity (Wildman–Crippen MR) is 122 cm³/mol. The van der Waals surface area contributed by atoms with Gasteiger partial charge in [0.05, 0.1) is 0 Å². The summed E-state index contributed by atoms with van der Waals surface area (Å²) in [4.78, 5) is 27.1. The van der Waals surface area contributed by atoms with Gasteiger partial charge in [0.1, 0.15) is 5.75 Å². The van der Waals surface area contributed by atoms with E-state index in [4.69, 9.17) is 4.74 Å². The van der Waals surface area contributed by atoms with E-state index in [1.165, 1.54) is 0 Å². The van der Waals surface area contributed by atoms with Crippen LogP contribution in [0, 0.1) is 0 Å². The van der Waals surface area contributed by atoms with Gasteiger partial charge in [0, 0.05) is 24.3 Å². The van der Waals surface area contributed by atoms with Crippen LogP contribution in [0.3, 0.4) is 0 Å². The quantitative estimate of drug-likeness (QED) is 0.534. The number of amides is 2. The third kappa shape index (κ3) is 6.61. The summed E-state index contributed by atoms with van der Waals surface area (Å²) in [6.07, 6.45) is 2.83. The highest BCUT2D eigenvalue weighted by Crippen LogP contribution is 2.28. The highest BCUT2D eigenvalue weighted by atomic mass is 16.5. The van der Waals surface area contributed by atoms with Gasteiger partial charge in [-0.15, -0.1) is 0 Å². The fraction of sp³-hybridized carbons (Fsp3) is 0.440. The number of para-hydroxylation sites is 1. The summed E-state index contributed by atoms with van der Waals surface area (Å²) >= 11 is 0. The fourth-order valence-corrected chi connectivity index (χ4v) is 3.35. The number of ether oxygens (including phenoxy) is 1. The zero-order valence-electron chi connectivity index (χ0n) is 18.6. The first-order chi connectivity index (χ1) is 14.5. The number of carbonyl (C=O) groups is 2. The van der Waals surface area contributed by atoms with E-state index >= 15 is 0 Å². The molecule has 0 saturated heterocycles. The highest BCUT2D eigenvalue weighted by Gasteiger charge is 2.15. The van der Waals surface area contributed by atoms with Crippen LogP contribution in [0.1, 0.15) is 68.8 Å². The molecular weight excluding hydrogens is 376 g/mol. The van der Waals surface area contributed by atoms with Crippen LogP contribution in [0.25, 0.3) is 0 Å². The average Bonchev–Trinajstić information content (AvgIpc) is 2.77. The molecule has 162 valence electrons. The van der Waals surface area contributed by atoms with Crippen molar-refractivity contribution in [2.75, 3.05) is 25.0 Å². The molecular formula is C25H34N2O3. The lowest BCUT2D eigenvalue weighted by atomic mass is 9.98. The Balaban J connectivity index is 2.01. The Kier molecular flexibility index (Phi) is 9.39. The first kappa shape index (κ1) is 23.5. The second-order valence-corrected chi connectivity index (χ2v) is 7.56. The van der Waals surface area contributed by atoms with Gasteiger partial charge in [-0.1, -0.05) is 52.0 Å². The standard InChI is InChI=1S/C25H34N2O3/c1-5-15-27(16-6-2)25(29)20-11-10-12-21(17-20)26-24(28)18-30-23-14-9-8-13-22(23)19(4)7-3/h8-14,17,19H,5-7,15-16,18H2,1-4H3,(H,26,28). The van der Waals surface area contributed by atoms with Gasteiger partial charge in [0.15, 0.2) is 6.61 Å². The number of nitrogens with zero attached hydrogens (tertiary/aromatic N) is 1. The van der Waals surface area contributed by atoms with Gasteiger partial charge in [-0.2, -0.15) is 0 Å². The number of nitrogens with one attached hydrogen (secondary N) is 1. The predicted octanol–water partition coefficient (Wildman–Crippen LogP) is 5.48. The molecule has 1 atom stereocenters. The molecule has 0 saturated carbocycles. The molecule has 0 aliphatic rings. The van der Waals surface area contributed by atoms with E-state index in [2.05, 4.69) is 33.0 Å². The normalized spacial score (nSPS) is 11.6. The molecule has 0 aliphatic heterocycles. The summed E-state index contributed by atoms with van der Waals surface area (Å²) in [5.74, 6) is 0.841. The zero-order chi connectivity index (χ0) is 21.9. The average molecular weight is 411 g/mol. The van der Waals surface area contributed by atoms with Crippen molar-refractivity contribution in [1.29, 1.82) is 0 Å². The maximum Gasteiger partial charge on any atom is 0.262 e. The Morgan fingerprint density at radius 3 is 2.37 bits per heavy atom. The molecule has 5 nitrogen and oxygen atoms in total. The number of anilines is 1. The largest absolute Gasteiger partial charge is 0.483 e. The molecule has 0 aliphatic carbocycles. The molecule has 0 heterocycles. The van der Waals surface area contributed by atoms with Crippen LogP contribution in [0.4, 0.5) is 5.69 Å². The van der Waals surface area contributed by atoms with Crippen LogP contribution >= 0.6 is 0 Å². The van der Waals surface area contributed by atoms with Crippen LogP contribution in [0.5, 0.6) is 5.75 Å². The number of rotatable bonds is 11. The first-order valence-electron chi connectivity index (χ1n) is 10.9. The molecule has 0 radical (unpaired) electrons. The fourth-order valence-electron chi connectivity index (χ4n) is 3.35. The molecule has 0 spiro atoms. The highest BCUT2D eigenvalue weighted by molar-refractivity contribution is 5.97. The topological polar surface area (TPSA) is 58.6 Å². The second-order valence-electron chi connectivity index (χ2n) is 7.56. The smallest absolute Gasteiger partial charge is 0.262 e. The lowest BCUT2D eigenvalue weighted by Crippen LogP contribution is -2.32. The van der Waals surface area contributed by atoms with Gasteiger partial charge in [-0.25, -0.2) is 0 Å². The Labute approximate surface area is 180 Å². The molecule has 0 bridgehead atoms. The number of hydrogen-bond acceptors (Lipinski definition) is 3. The second kappa shape index (κ2) is 12.0. The van der Waals surface area contributed by atoms with Crippen molar-refractivity contribution in [2.24, 2.45) is 0 Å². The Morgan fingerprint density at radius 2 is 1.70 bits per heavy atom. The Morgan fingerprint density at radius 1 is 1.00 bits per heavy atom. The number of hydrogen-bond donors (Lipinski definition) is 1. The van der Waals surface area contributed by atoms with E-state index in [0.717, 1.165) is 43.7 Å². The van der Waals surface area contributed by atoms with Crippen molar-refractivity contribution < 1.29 is 14.3 Å². The molecule has 30 heavy (non-hydrogen) atoms. The van der Waals surface area contributed by atoms with Crippen LogP contribution in [0.15, 0.2) is 48.5 Å². The minimum absolute atomic E-state index is 0.00599. The molecule has 2 amide bonds. The molecule has 0 fully saturated rings. The summed E-state index contributed by atoms with van der Waals surface area (Å²) in [6, 6.07) is 14.9. The van der Waals surface area contributed by atoms with Gasteiger partial charge >= 0.3 is 0 Å². The van der Waals surface area contributed by atoms with Gasteiger partial charge in [0.25, 0.3) is 11.8 Å². The summed E-state index contributed by atoms with van der Waals surface area (Å²) < 4.78 is 5.79. The third-order valence-corrected chi connectivity index (χ3v) is 5.09. The molecule has 2 aromatic carbocycles. The van der Waals surface area contributed by atoms with E-state index in [-0.39, 0.29) is 18.4 Å². The summed E-state index contributed by atoms with van der Waals surface area (Å²) in [5, 5.41) is 2.84. The van der Waals surface area contributed by atoms with Crippen LogP contribution in [-0.2, 0) is 4.79 Å². The van der Waals surface area contributed by atoms with E-state index in [9.17, 15) is 9.59 Å². The molecule has 2 rings (SSSR count). The van der Waals surface area contributed by atoms with Crippen molar-refractivity contribution in [3.05, 3.63) is 59.7 Å². The van der Waals surface area contributed by atoms with Crippen molar-refractivity contribution >= 4 is 17.5 Å². The third-order valence-electron chi connectivity index (χ3n) is 5.09. The monoisotopic (exact) mass is 410 g/mol. The van der Waals surface area contributed by atoms with E-state index in [1.807, 2.05) is 29.2 Å². The lowest BCUT2D eigenvalue weighted by Gasteiger charge is -2.21. The van der Waals surface area contributed by atoms with Crippen LogP contribution < -0.4 is 10.1 Å². The van der Waals surface area contributed by atoms with Crippen LogP contribution in [-0.4, -0.2) is 36.4 Å². The molecule has 1 N–H and O–H groups in total. The Hall–Kier alpha value is -2.82. The molecule has 5 heteroatoms. The molecule has 1 unspecified atom stereocenters. The minimum Gasteiger partial charge on any atom is -0.483 e. The summed E-state index contributed by atoms with van der Waals surface area (Å²) in [5.41, 5.74) is 2.28. The van der Waals surface area contributed by atoms with E-state index < -0.39 is 0 Å². The summed E-state index contributed by atoms with van der Waals surface area (Å²) in [7, 11) is 0. The lowest BCUT2D eigenvalue weighted by molar-refractivity contribution is -0.118. The van der Waals surface area contributed by atoms with Gasteiger partial charge in [-0.05, 0) is 55.0 Å². The number of carbonyl (C=O) groups excluding carboxylic acids is 2. The van der Waals surface area contributed by atoms with Gasteiger partial charge in [0.2, 0.25) is 0 Å². The number of benzene rings is 2. The van der Waals surface area contributed by atoms with E-state index in [0.29, 0.717) is 17.2 Å². The molecule has 2 aromatic rings. The van der Waals surface area contributed by atoms with Crippen molar-refractivity contribution in [3.63, 3.8) is 0 Å². The van der Waals surface area contributed by atoms with Gasteiger partial charge < -0.3 is 15.0 Å². The Bertz CT molecular complexity index is 829. The van der Waals surface area contributed by atoms with Crippen molar-refractivity contribution in [1.82, 2.24) is 4.90 Å². The minimum atomic E-state index is -0.252. The van der Waals surface area contributed by atoms with Gasteiger partial charge in [-0.3, -0.25) is 9.59 Å². The van der Waals surface area contributed by atoms with E-state index in [1.54, 1.807) is 24.3 Å². The SMILES string of the molecule is CCCN(CCC)C(=O)c1cccc(NC(=O)COc2ccccc2C(C)CC)c1. The van der Waals surface area contributed by atoms with Crippen LogP contribution in [0.2, 0.25) is 0 Å². The zero-order valence-corrected chi connectivity index (χ0v) is 18.6. The summed E-state index contributed by atoms with van der Waals surface area (Å²) in [6.45, 7) is 9.77. The maximum atomic E-state index is 12.8. The first-order valence-corrected chi connectivity index (χ1v) is 10.9.